The highest BCUT2D eigenvalue weighted by Gasteiger charge is 2.22. The standard InChI is InChI=1S/C13H19N3O3/c1-9-4-2-3-5-11(9)14-13(18)16-15-12(17)10-6-7-19-8-10/h6-9,11H,2-5H2,1H3,(H,15,17)(H2,14,16,18). The van der Waals surface area contributed by atoms with Gasteiger partial charge in [0.15, 0.2) is 0 Å². The third-order valence-electron chi connectivity index (χ3n) is 3.50. The summed E-state index contributed by atoms with van der Waals surface area (Å²) in [5, 5.41) is 2.88. The number of carbonyl (C=O) groups excluding carboxylic acids is 2. The Labute approximate surface area is 111 Å². The molecule has 1 heterocycles. The summed E-state index contributed by atoms with van der Waals surface area (Å²) < 4.78 is 4.79. The van der Waals surface area contributed by atoms with Crippen molar-refractivity contribution in [2.75, 3.05) is 0 Å². The Morgan fingerprint density at radius 2 is 2.05 bits per heavy atom. The fourth-order valence-electron chi connectivity index (χ4n) is 2.31. The second-order valence-corrected chi connectivity index (χ2v) is 4.93. The van der Waals surface area contributed by atoms with Crippen LogP contribution in [-0.2, 0) is 0 Å². The first-order valence-corrected chi connectivity index (χ1v) is 6.56. The monoisotopic (exact) mass is 265 g/mol. The molecule has 1 saturated carbocycles. The Morgan fingerprint density at radius 1 is 1.26 bits per heavy atom. The van der Waals surface area contributed by atoms with Crippen molar-refractivity contribution < 1.29 is 14.0 Å². The zero-order valence-electron chi connectivity index (χ0n) is 10.9. The predicted molar refractivity (Wildman–Crippen MR) is 69.3 cm³/mol. The number of rotatable bonds is 2. The van der Waals surface area contributed by atoms with Gasteiger partial charge in [-0.1, -0.05) is 19.8 Å². The van der Waals surface area contributed by atoms with Crippen LogP contribution in [0.5, 0.6) is 0 Å². The predicted octanol–water partition coefficient (Wildman–Crippen LogP) is 1.80. The van der Waals surface area contributed by atoms with E-state index in [2.05, 4.69) is 23.1 Å². The number of hydrazine groups is 1. The van der Waals surface area contributed by atoms with Gasteiger partial charge in [0.05, 0.1) is 11.8 Å². The van der Waals surface area contributed by atoms with Crippen molar-refractivity contribution in [1.82, 2.24) is 16.2 Å². The number of nitrogens with one attached hydrogen (secondary N) is 3. The summed E-state index contributed by atoms with van der Waals surface area (Å²) >= 11 is 0. The summed E-state index contributed by atoms with van der Waals surface area (Å²) in [4.78, 5) is 23.2. The molecule has 104 valence electrons. The first kappa shape index (κ1) is 13.5. The molecule has 0 spiro atoms. The van der Waals surface area contributed by atoms with Crippen LogP contribution in [0.15, 0.2) is 23.0 Å². The van der Waals surface area contributed by atoms with Gasteiger partial charge in [-0.15, -0.1) is 0 Å². The van der Waals surface area contributed by atoms with Crippen molar-refractivity contribution in [2.45, 2.75) is 38.6 Å². The molecule has 6 nitrogen and oxygen atoms in total. The van der Waals surface area contributed by atoms with Crippen molar-refractivity contribution in [3.63, 3.8) is 0 Å². The molecule has 3 N–H and O–H groups in total. The third kappa shape index (κ3) is 3.74. The van der Waals surface area contributed by atoms with Gasteiger partial charge < -0.3 is 9.73 Å². The molecule has 0 aliphatic heterocycles. The molecule has 0 bridgehead atoms. The highest BCUT2D eigenvalue weighted by Crippen LogP contribution is 2.23. The number of furan rings is 1. The van der Waals surface area contributed by atoms with Crippen LogP contribution in [0.1, 0.15) is 43.0 Å². The lowest BCUT2D eigenvalue weighted by Gasteiger charge is -2.29. The molecule has 0 radical (unpaired) electrons. The number of urea groups is 1. The van der Waals surface area contributed by atoms with Gasteiger partial charge in [0.2, 0.25) is 0 Å². The van der Waals surface area contributed by atoms with Crippen LogP contribution in [0.3, 0.4) is 0 Å². The molecule has 1 aliphatic rings. The molecule has 2 atom stereocenters. The molecule has 1 fully saturated rings. The SMILES string of the molecule is CC1CCCCC1NC(=O)NNC(=O)c1ccoc1. The van der Waals surface area contributed by atoms with Crippen LogP contribution >= 0.6 is 0 Å². The molecule has 3 amide bonds. The molecule has 1 aromatic heterocycles. The van der Waals surface area contributed by atoms with Gasteiger partial charge >= 0.3 is 6.03 Å². The van der Waals surface area contributed by atoms with Crippen LogP contribution < -0.4 is 16.2 Å². The Morgan fingerprint density at radius 3 is 2.74 bits per heavy atom. The van der Waals surface area contributed by atoms with Crippen LogP contribution in [0.25, 0.3) is 0 Å². The Bertz CT molecular complexity index is 430. The smallest absolute Gasteiger partial charge is 0.333 e. The lowest BCUT2D eigenvalue weighted by Crippen LogP contribution is -2.51. The van der Waals surface area contributed by atoms with Gasteiger partial charge in [0.25, 0.3) is 5.91 Å². The zero-order valence-corrected chi connectivity index (χ0v) is 10.9. The van der Waals surface area contributed by atoms with Gasteiger partial charge in [-0.25, -0.2) is 10.2 Å². The fourth-order valence-corrected chi connectivity index (χ4v) is 2.31. The van der Waals surface area contributed by atoms with Crippen LogP contribution in [0.2, 0.25) is 0 Å². The minimum absolute atomic E-state index is 0.180. The third-order valence-corrected chi connectivity index (χ3v) is 3.50. The first-order valence-electron chi connectivity index (χ1n) is 6.56. The average molecular weight is 265 g/mol. The van der Waals surface area contributed by atoms with E-state index in [0.717, 1.165) is 19.3 Å². The maximum absolute atomic E-state index is 11.7. The first-order chi connectivity index (χ1) is 9.16. The van der Waals surface area contributed by atoms with Crippen molar-refractivity contribution in [1.29, 1.82) is 0 Å². The van der Waals surface area contributed by atoms with Gasteiger partial charge in [-0.3, -0.25) is 10.2 Å². The van der Waals surface area contributed by atoms with E-state index in [1.807, 2.05) is 0 Å². The summed E-state index contributed by atoms with van der Waals surface area (Å²) in [7, 11) is 0. The summed E-state index contributed by atoms with van der Waals surface area (Å²) in [5.41, 5.74) is 5.04. The number of carbonyl (C=O) groups is 2. The van der Waals surface area contributed by atoms with Crippen molar-refractivity contribution >= 4 is 11.9 Å². The zero-order chi connectivity index (χ0) is 13.7. The fraction of sp³-hybridized carbons (Fsp3) is 0.538. The molecule has 0 aromatic carbocycles. The average Bonchev–Trinajstić information content (AvgIpc) is 2.93. The van der Waals surface area contributed by atoms with Gasteiger partial charge in [-0.2, -0.15) is 0 Å². The molecule has 1 aliphatic carbocycles. The van der Waals surface area contributed by atoms with Crippen molar-refractivity contribution in [3.05, 3.63) is 24.2 Å². The molecule has 2 rings (SSSR count). The van der Waals surface area contributed by atoms with E-state index in [-0.39, 0.29) is 12.1 Å². The number of amides is 3. The lowest BCUT2D eigenvalue weighted by atomic mass is 9.86. The Kier molecular flexibility index (Phi) is 4.43. The summed E-state index contributed by atoms with van der Waals surface area (Å²) in [5.74, 6) is 0.0738. The van der Waals surface area contributed by atoms with E-state index in [0.29, 0.717) is 11.5 Å². The Balaban J connectivity index is 1.74. The van der Waals surface area contributed by atoms with Crippen LogP contribution in [0.4, 0.5) is 4.79 Å². The lowest BCUT2D eigenvalue weighted by molar-refractivity contribution is 0.0934. The van der Waals surface area contributed by atoms with Crippen molar-refractivity contribution in [2.24, 2.45) is 5.92 Å². The molecule has 1 aromatic rings. The molecule has 2 unspecified atom stereocenters. The summed E-state index contributed by atoms with van der Waals surface area (Å²) in [6.45, 7) is 2.13. The second-order valence-electron chi connectivity index (χ2n) is 4.93. The van der Waals surface area contributed by atoms with E-state index in [9.17, 15) is 9.59 Å². The maximum atomic E-state index is 11.7. The van der Waals surface area contributed by atoms with E-state index in [1.54, 1.807) is 0 Å². The summed E-state index contributed by atoms with van der Waals surface area (Å²) in [6, 6.07) is 1.33. The molecule has 19 heavy (non-hydrogen) atoms. The normalized spacial score (nSPS) is 22.6. The Hall–Kier alpha value is -1.98. The highest BCUT2D eigenvalue weighted by atomic mass is 16.3. The number of hydrogen-bond acceptors (Lipinski definition) is 3. The molecule has 6 heteroatoms. The quantitative estimate of drug-likeness (QED) is 0.713. The number of hydrogen-bond donors (Lipinski definition) is 3. The van der Waals surface area contributed by atoms with Gasteiger partial charge in [0.1, 0.15) is 6.26 Å². The topological polar surface area (TPSA) is 83.4 Å². The summed E-state index contributed by atoms with van der Waals surface area (Å²) in [6.07, 6.45) is 7.20. The van der Waals surface area contributed by atoms with Crippen LogP contribution in [0, 0.1) is 5.92 Å². The van der Waals surface area contributed by atoms with Crippen LogP contribution in [-0.4, -0.2) is 18.0 Å². The van der Waals surface area contributed by atoms with E-state index < -0.39 is 5.91 Å². The van der Waals surface area contributed by atoms with Crippen molar-refractivity contribution in [3.8, 4) is 0 Å². The van der Waals surface area contributed by atoms with Gasteiger partial charge in [0, 0.05) is 6.04 Å². The largest absolute Gasteiger partial charge is 0.472 e. The van der Waals surface area contributed by atoms with E-state index in [1.165, 1.54) is 25.0 Å². The highest BCUT2D eigenvalue weighted by molar-refractivity contribution is 5.94. The minimum atomic E-state index is -0.402. The van der Waals surface area contributed by atoms with E-state index in [4.69, 9.17) is 4.42 Å². The van der Waals surface area contributed by atoms with E-state index >= 15 is 0 Å². The molecular weight excluding hydrogens is 246 g/mol. The molecule has 0 saturated heterocycles. The van der Waals surface area contributed by atoms with Gasteiger partial charge in [-0.05, 0) is 24.8 Å². The molecular formula is C13H19N3O3. The minimum Gasteiger partial charge on any atom is -0.472 e. The second kappa shape index (κ2) is 6.26. The maximum Gasteiger partial charge on any atom is 0.333 e.